The van der Waals surface area contributed by atoms with Crippen molar-refractivity contribution in [3.63, 3.8) is 0 Å². The third-order valence-corrected chi connectivity index (χ3v) is 16.5. The number of ketones is 1. The largest absolute Gasteiger partial charge is 0.377 e. The number of nitrogens with zero attached hydrogens (tertiary/aromatic N) is 3. The highest BCUT2D eigenvalue weighted by Crippen LogP contribution is 2.33. The Bertz CT molecular complexity index is 2780. The van der Waals surface area contributed by atoms with Crippen LogP contribution in [0.1, 0.15) is 116 Å². The maximum absolute atomic E-state index is 13.1. The van der Waals surface area contributed by atoms with E-state index in [0.717, 1.165) is 92.5 Å². The molecule has 6 rings (SSSR count). The third kappa shape index (κ3) is 32.8. The van der Waals surface area contributed by atoms with Gasteiger partial charge < -0.3 is 79.8 Å². The Labute approximate surface area is 551 Å². The zero-order valence-corrected chi connectivity index (χ0v) is 54.9. The summed E-state index contributed by atoms with van der Waals surface area (Å²) in [7, 11) is 0. The SMILES string of the molecule is Cc1ccc(NC(=O)c2ccc(C(=O)NCCOCCOCCOCCOCCOCCOCCOCCOCCOCCNC(=O)CCCCCNC(=O)CCCCCCC(=O)CCCC[C@@H]3SC[C@@H]4NC(=O)N[C@@H]43)cc2)cc1Nc1nccc(-c2cccnc2)n1. The number of hydrogen-bond acceptors (Lipinski definition) is 20. The molecule has 25 nitrogen and oxygen atoms in total. The standard InChI is InChI=1S/C67H98N10O15S/c1-51-18-23-55(48-58(51)75-66-72-27-24-57(74-66)54-12-11-25-68-49-54)73-65(82)53-21-19-52(20-22-53)64(81)71-29-31-85-33-35-87-37-39-89-41-43-91-45-47-92-46-44-90-42-40-88-38-36-86-34-32-84-30-28-70-62(80)17-7-4-10-26-69-61(79)16-6-3-2-5-13-56(78)14-8-9-15-60-63-59(50-93-60)76-67(83)77-63/h11-12,18-25,27,48-49,59-60,63H,2-10,13-17,26,28-47,50H2,1H3,(H,69,79)(H,70,80)(H,71,81)(H,73,82)(H,72,74,75)(H2,76,77,83)/t59-,60-,63-/m0/s1. The minimum absolute atomic E-state index is 0.00978. The highest BCUT2D eigenvalue weighted by Gasteiger charge is 2.42. The molecule has 0 spiro atoms. The van der Waals surface area contributed by atoms with Gasteiger partial charge in [-0.1, -0.05) is 31.7 Å². The first-order chi connectivity index (χ1) is 45.6. The van der Waals surface area contributed by atoms with Crippen LogP contribution in [0, 0.1) is 6.92 Å². The van der Waals surface area contributed by atoms with E-state index in [2.05, 4.69) is 52.2 Å². The molecule has 0 saturated carbocycles. The molecule has 0 bridgehead atoms. The Morgan fingerprint density at radius 3 is 1.62 bits per heavy atom. The number of benzene rings is 2. The predicted octanol–water partition coefficient (Wildman–Crippen LogP) is 7.15. The number of hydrogen-bond donors (Lipinski definition) is 7. The Kier molecular flexibility index (Phi) is 38.2. The molecule has 512 valence electrons. The Hall–Kier alpha value is -6.72. The fourth-order valence-corrected chi connectivity index (χ4v) is 11.4. The number of carbonyl (C=O) groups is 6. The fraction of sp³-hybridized carbons (Fsp3) is 0.597. The number of urea groups is 1. The van der Waals surface area contributed by atoms with Crippen LogP contribution in [0.2, 0.25) is 0 Å². The van der Waals surface area contributed by atoms with Gasteiger partial charge in [-0.3, -0.25) is 29.0 Å². The molecule has 26 heteroatoms. The van der Waals surface area contributed by atoms with Gasteiger partial charge in [0.1, 0.15) is 5.78 Å². The summed E-state index contributed by atoms with van der Waals surface area (Å²) in [4.78, 5) is 87.1. The van der Waals surface area contributed by atoms with Crippen molar-refractivity contribution in [2.24, 2.45) is 0 Å². The number of ether oxygens (including phenoxy) is 9. The molecule has 0 unspecified atom stereocenters. The molecule has 4 heterocycles. The number of nitrogens with one attached hydrogen (secondary N) is 7. The van der Waals surface area contributed by atoms with Crippen LogP contribution < -0.4 is 37.2 Å². The molecule has 4 aromatic rings. The van der Waals surface area contributed by atoms with Gasteiger partial charge in [-0.15, -0.1) is 0 Å². The number of amides is 6. The third-order valence-electron chi connectivity index (χ3n) is 15.0. The van der Waals surface area contributed by atoms with Gasteiger partial charge in [-0.05, 0) is 106 Å². The summed E-state index contributed by atoms with van der Waals surface area (Å²) in [5, 5.41) is 21.3. The Morgan fingerprint density at radius 1 is 0.538 bits per heavy atom. The summed E-state index contributed by atoms with van der Waals surface area (Å²) in [5.41, 5.74) is 4.68. The summed E-state index contributed by atoms with van der Waals surface area (Å²) in [5.74, 6) is 1.14. The van der Waals surface area contributed by atoms with Crippen molar-refractivity contribution < 1.29 is 71.4 Å². The average molecular weight is 1320 g/mol. The normalized spacial score (nSPS) is 14.9. The summed E-state index contributed by atoms with van der Waals surface area (Å²) >= 11 is 1.91. The molecule has 6 amide bonds. The van der Waals surface area contributed by atoms with Crippen molar-refractivity contribution in [1.29, 1.82) is 0 Å². The number of anilines is 3. The monoisotopic (exact) mass is 1310 g/mol. The van der Waals surface area contributed by atoms with E-state index in [-0.39, 0.29) is 41.7 Å². The lowest BCUT2D eigenvalue weighted by Crippen LogP contribution is -2.36. The van der Waals surface area contributed by atoms with Crippen molar-refractivity contribution in [2.75, 3.05) is 155 Å². The number of pyridine rings is 1. The zero-order valence-electron chi connectivity index (χ0n) is 54.1. The van der Waals surface area contributed by atoms with Crippen LogP contribution in [0.15, 0.2) is 79.3 Å². The van der Waals surface area contributed by atoms with Gasteiger partial charge >= 0.3 is 6.03 Å². The number of thioether (sulfide) groups is 1. The Morgan fingerprint density at radius 2 is 1.05 bits per heavy atom. The molecule has 2 aromatic heterocycles. The number of fused-ring (bicyclic) bond motifs is 1. The number of Topliss-reactive ketones (excluding diaryl/α,β-unsaturated/α-hetero) is 1. The van der Waals surface area contributed by atoms with Crippen LogP contribution in [-0.2, 0) is 57.0 Å². The van der Waals surface area contributed by atoms with E-state index in [1.54, 1.807) is 42.9 Å². The lowest BCUT2D eigenvalue weighted by atomic mass is 10.0. The van der Waals surface area contributed by atoms with Crippen LogP contribution in [0.25, 0.3) is 11.3 Å². The second-order valence-corrected chi connectivity index (χ2v) is 23.6. The van der Waals surface area contributed by atoms with Crippen LogP contribution in [-0.4, -0.2) is 212 Å². The first-order valence-corrected chi connectivity index (χ1v) is 33.9. The maximum Gasteiger partial charge on any atom is 0.315 e. The predicted molar refractivity (Wildman–Crippen MR) is 355 cm³/mol. The molecule has 2 aliphatic rings. The molecule has 2 fully saturated rings. The number of rotatable bonds is 54. The Balaban J connectivity index is 0.593. The molecule has 0 aliphatic carbocycles. The lowest BCUT2D eigenvalue weighted by Gasteiger charge is -2.16. The van der Waals surface area contributed by atoms with Crippen LogP contribution in [0.5, 0.6) is 0 Å². The van der Waals surface area contributed by atoms with Crippen molar-refractivity contribution in [1.82, 2.24) is 41.5 Å². The summed E-state index contributed by atoms with van der Waals surface area (Å²) in [6.45, 7) is 10.9. The van der Waals surface area contributed by atoms with Gasteiger partial charge in [-0.25, -0.2) is 14.8 Å². The highest BCUT2D eigenvalue weighted by atomic mass is 32.2. The topological polar surface area (TPSA) is 308 Å². The van der Waals surface area contributed by atoms with E-state index in [4.69, 9.17) is 42.6 Å². The minimum atomic E-state index is -0.320. The zero-order chi connectivity index (χ0) is 65.6. The smallest absolute Gasteiger partial charge is 0.315 e. The van der Waals surface area contributed by atoms with Gasteiger partial charge in [-0.2, -0.15) is 11.8 Å². The first-order valence-electron chi connectivity index (χ1n) is 32.9. The quantitative estimate of drug-likeness (QED) is 0.0170. The second kappa shape index (κ2) is 47.2. The summed E-state index contributed by atoms with van der Waals surface area (Å²) < 4.78 is 49.9. The van der Waals surface area contributed by atoms with E-state index in [0.29, 0.717) is 198 Å². The van der Waals surface area contributed by atoms with Gasteiger partial charge in [0.15, 0.2) is 0 Å². The van der Waals surface area contributed by atoms with Gasteiger partial charge in [0.2, 0.25) is 17.8 Å². The van der Waals surface area contributed by atoms with E-state index in [1.807, 2.05) is 55.1 Å². The van der Waals surface area contributed by atoms with Gasteiger partial charge in [0.25, 0.3) is 11.8 Å². The number of carbonyl (C=O) groups excluding carboxylic acids is 6. The van der Waals surface area contributed by atoms with Crippen LogP contribution in [0.4, 0.5) is 22.1 Å². The molecule has 2 saturated heterocycles. The van der Waals surface area contributed by atoms with Crippen LogP contribution in [0.3, 0.4) is 0 Å². The van der Waals surface area contributed by atoms with E-state index in [9.17, 15) is 28.8 Å². The average Bonchev–Trinajstić information content (AvgIpc) is 2.10. The lowest BCUT2D eigenvalue weighted by molar-refractivity contribution is -0.122. The highest BCUT2D eigenvalue weighted by molar-refractivity contribution is 8.00. The van der Waals surface area contributed by atoms with E-state index in [1.165, 1.54) is 0 Å². The minimum Gasteiger partial charge on any atom is -0.377 e. The summed E-state index contributed by atoms with van der Waals surface area (Å²) in [6, 6.07) is 17.9. The molecular weight excluding hydrogens is 1220 g/mol. The number of aryl methyl sites for hydroxylation is 1. The van der Waals surface area contributed by atoms with Crippen LogP contribution >= 0.6 is 11.8 Å². The van der Waals surface area contributed by atoms with Crippen molar-refractivity contribution in [3.05, 3.63) is 95.9 Å². The second-order valence-electron chi connectivity index (χ2n) is 22.3. The molecule has 93 heavy (non-hydrogen) atoms. The van der Waals surface area contributed by atoms with Gasteiger partial charge in [0, 0.05) is 103 Å². The van der Waals surface area contributed by atoms with E-state index < -0.39 is 0 Å². The first kappa shape index (κ1) is 75.3. The van der Waals surface area contributed by atoms with Crippen molar-refractivity contribution in [3.8, 4) is 11.3 Å². The summed E-state index contributed by atoms with van der Waals surface area (Å²) in [6.07, 6.45) is 16.3. The molecule has 2 aromatic carbocycles. The van der Waals surface area contributed by atoms with Gasteiger partial charge in [0.05, 0.1) is 137 Å². The molecular formula is C67H98N10O15S. The number of unbranched alkanes of at least 4 members (excludes halogenated alkanes) is 6. The molecule has 0 radical (unpaired) electrons. The molecule has 3 atom stereocenters. The number of aromatic nitrogens is 3. The van der Waals surface area contributed by atoms with Crippen molar-refractivity contribution >= 4 is 64.5 Å². The molecule has 7 N–H and O–H groups in total. The fourth-order valence-electron chi connectivity index (χ4n) is 9.88. The van der Waals surface area contributed by atoms with E-state index >= 15 is 0 Å². The van der Waals surface area contributed by atoms with Crippen molar-refractivity contribution in [2.45, 2.75) is 114 Å². The molecule has 2 aliphatic heterocycles. The maximum atomic E-state index is 13.1.